The van der Waals surface area contributed by atoms with Crippen LogP contribution in [0.3, 0.4) is 0 Å². The molecule has 4 N–H and O–H groups in total. The van der Waals surface area contributed by atoms with Crippen LogP contribution in [0.5, 0.6) is 0 Å². The van der Waals surface area contributed by atoms with Gasteiger partial charge in [-0.25, -0.2) is 0 Å². The summed E-state index contributed by atoms with van der Waals surface area (Å²) in [4.78, 5) is 25.0. The van der Waals surface area contributed by atoms with Crippen molar-refractivity contribution in [1.82, 2.24) is 4.90 Å². The molecule has 0 saturated heterocycles. The highest BCUT2D eigenvalue weighted by molar-refractivity contribution is 5.96. The van der Waals surface area contributed by atoms with E-state index in [0.717, 1.165) is 18.5 Å². The second-order valence-corrected chi connectivity index (χ2v) is 6.43. The van der Waals surface area contributed by atoms with Crippen molar-refractivity contribution in [3.63, 3.8) is 0 Å². The van der Waals surface area contributed by atoms with Crippen molar-refractivity contribution in [2.45, 2.75) is 51.0 Å². The molecular formula is C18H27N3O3. The van der Waals surface area contributed by atoms with Crippen LogP contribution in [0.4, 0.5) is 11.4 Å². The van der Waals surface area contributed by atoms with Gasteiger partial charge in [0.15, 0.2) is 0 Å². The number of aliphatic carboxylic acids is 1. The smallest absolute Gasteiger partial charge is 0.303 e. The minimum Gasteiger partial charge on any atom is -0.481 e. The van der Waals surface area contributed by atoms with Crippen molar-refractivity contribution in [3.8, 4) is 0 Å². The first-order valence-electron chi connectivity index (χ1n) is 8.61. The number of benzene rings is 1. The van der Waals surface area contributed by atoms with E-state index in [9.17, 15) is 9.59 Å². The van der Waals surface area contributed by atoms with Gasteiger partial charge in [0.25, 0.3) is 5.91 Å². The van der Waals surface area contributed by atoms with E-state index in [1.807, 2.05) is 11.9 Å². The second-order valence-electron chi connectivity index (χ2n) is 6.43. The fourth-order valence-electron chi connectivity index (χ4n) is 3.16. The summed E-state index contributed by atoms with van der Waals surface area (Å²) in [6.07, 6.45) is 6.42. The van der Waals surface area contributed by atoms with Crippen LogP contribution in [0.1, 0.15) is 55.3 Å². The van der Waals surface area contributed by atoms with Crippen molar-refractivity contribution < 1.29 is 14.7 Å². The molecule has 1 fully saturated rings. The number of nitrogen functional groups attached to an aromatic ring is 1. The van der Waals surface area contributed by atoms with Crippen LogP contribution in [-0.2, 0) is 4.79 Å². The fraction of sp³-hybridized carbons (Fsp3) is 0.556. The van der Waals surface area contributed by atoms with Gasteiger partial charge in [-0.1, -0.05) is 19.3 Å². The number of nitrogens with two attached hydrogens (primary N) is 1. The number of rotatable bonds is 7. The topological polar surface area (TPSA) is 95.7 Å². The monoisotopic (exact) mass is 333 g/mol. The normalized spacial score (nSPS) is 15.0. The van der Waals surface area contributed by atoms with Gasteiger partial charge in [-0.3, -0.25) is 9.59 Å². The summed E-state index contributed by atoms with van der Waals surface area (Å²) in [5.41, 5.74) is 7.87. The Kier molecular flexibility index (Phi) is 6.46. The molecule has 1 amide bonds. The maximum atomic E-state index is 12.6. The van der Waals surface area contributed by atoms with Gasteiger partial charge in [-0.2, -0.15) is 0 Å². The molecule has 6 nitrogen and oxygen atoms in total. The number of hydrogen-bond donors (Lipinski definition) is 3. The molecule has 1 aromatic rings. The zero-order chi connectivity index (χ0) is 17.5. The van der Waals surface area contributed by atoms with Crippen LogP contribution < -0.4 is 11.1 Å². The van der Waals surface area contributed by atoms with E-state index in [1.54, 1.807) is 18.2 Å². The summed E-state index contributed by atoms with van der Waals surface area (Å²) in [6, 6.07) is 5.58. The number of nitrogens with one attached hydrogen (secondary N) is 1. The third kappa shape index (κ3) is 4.88. The van der Waals surface area contributed by atoms with E-state index in [4.69, 9.17) is 10.8 Å². The third-order valence-electron chi connectivity index (χ3n) is 4.62. The summed E-state index contributed by atoms with van der Waals surface area (Å²) in [7, 11) is 1.87. The fourth-order valence-corrected chi connectivity index (χ4v) is 3.16. The van der Waals surface area contributed by atoms with Crippen LogP contribution in [-0.4, -0.2) is 41.5 Å². The quantitative estimate of drug-likeness (QED) is 0.527. The van der Waals surface area contributed by atoms with Crippen molar-refractivity contribution in [2.75, 3.05) is 24.6 Å². The van der Waals surface area contributed by atoms with Crippen LogP contribution in [0, 0.1) is 0 Å². The van der Waals surface area contributed by atoms with Gasteiger partial charge in [0, 0.05) is 31.6 Å². The molecule has 6 heteroatoms. The molecule has 0 aromatic heterocycles. The third-order valence-corrected chi connectivity index (χ3v) is 4.62. The number of carboxylic acid groups (broad SMARTS) is 1. The number of hydrogen-bond acceptors (Lipinski definition) is 4. The van der Waals surface area contributed by atoms with E-state index in [1.165, 1.54) is 19.3 Å². The maximum Gasteiger partial charge on any atom is 0.303 e. The Labute approximate surface area is 143 Å². The first kappa shape index (κ1) is 18.1. The lowest BCUT2D eigenvalue weighted by atomic mass is 9.94. The Morgan fingerprint density at radius 2 is 2.00 bits per heavy atom. The molecule has 1 aliphatic carbocycles. The highest BCUT2D eigenvalue weighted by atomic mass is 16.4. The molecule has 1 saturated carbocycles. The molecule has 0 radical (unpaired) electrons. The average Bonchev–Trinajstić information content (AvgIpc) is 2.59. The molecule has 132 valence electrons. The number of amides is 1. The van der Waals surface area contributed by atoms with Crippen LogP contribution >= 0.6 is 0 Å². The molecule has 1 aromatic carbocycles. The minimum absolute atomic E-state index is 0.00558. The average molecular weight is 333 g/mol. The van der Waals surface area contributed by atoms with Gasteiger partial charge in [-0.05, 0) is 37.5 Å². The molecule has 0 spiro atoms. The lowest BCUT2D eigenvalue weighted by Crippen LogP contribution is -2.38. The van der Waals surface area contributed by atoms with E-state index in [-0.39, 0.29) is 12.3 Å². The largest absolute Gasteiger partial charge is 0.481 e. The Bertz CT molecular complexity index is 583. The first-order chi connectivity index (χ1) is 11.5. The minimum atomic E-state index is -0.809. The van der Waals surface area contributed by atoms with Crippen molar-refractivity contribution >= 4 is 23.3 Å². The Balaban J connectivity index is 1.94. The van der Waals surface area contributed by atoms with Crippen molar-refractivity contribution in [1.29, 1.82) is 0 Å². The summed E-state index contributed by atoms with van der Waals surface area (Å²) in [5.74, 6) is -0.803. The van der Waals surface area contributed by atoms with Crippen LogP contribution in [0.15, 0.2) is 18.2 Å². The van der Waals surface area contributed by atoms with E-state index in [0.29, 0.717) is 30.3 Å². The van der Waals surface area contributed by atoms with E-state index in [2.05, 4.69) is 5.32 Å². The summed E-state index contributed by atoms with van der Waals surface area (Å²) >= 11 is 0. The van der Waals surface area contributed by atoms with Crippen LogP contribution in [0.25, 0.3) is 0 Å². The molecular weight excluding hydrogens is 306 g/mol. The summed E-state index contributed by atoms with van der Waals surface area (Å²) < 4.78 is 0. The van der Waals surface area contributed by atoms with Gasteiger partial charge in [0.2, 0.25) is 0 Å². The Morgan fingerprint density at radius 3 is 2.62 bits per heavy atom. The lowest BCUT2D eigenvalue weighted by molar-refractivity contribution is -0.137. The number of carbonyl (C=O) groups is 2. The second kappa shape index (κ2) is 8.57. The predicted molar refractivity (Wildman–Crippen MR) is 95.2 cm³/mol. The summed E-state index contributed by atoms with van der Waals surface area (Å²) in [5, 5.41) is 11.7. The molecule has 2 rings (SSSR count). The summed E-state index contributed by atoms with van der Waals surface area (Å²) in [6.45, 7) is 0.534. The first-order valence-corrected chi connectivity index (χ1v) is 8.61. The highest BCUT2D eigenvalue weighted by Crippen LogP contribution is 2.25. The number of nitrogens with zero attached hydrogens (tertiary/aromatic N) is 1. The lowest BCUT2D eigenvalue weighted by Gasteiger charge is -2.31. The molecule has 0 unspecified atom stereocenters. The van der Waals surface area contributed by atoms with Crippen molar-refractivity contribution in [2.24, 2.45) is 0 Å². The number of carboxylic acids is 1. The standard InChI is InChI=1S/C18H27N3O3/c1-21(14-6-3-2-4-7-14)18(24)13-9-10-16(15(19)12-13)20-11-5-8-17(22)23/h9-10,12,14,20H,2-8,11,19H2,1H3,(H,22,23). The SMILES string of the molecule is CN(C(=O)c1ccc(NCCCC(=O)O)c(N)c1)C1CCCCC1. The predicted octanol–water partition coefficient (Wildman–Crippen LogP) is 2.95. The number of carbonyl (C=O) groups excluding carboxylic acids is 1. The van der Waals surface area contributed by atoms with Gasteiger partial charge in [0.05, 0.1) is 11.4 Å². The maximum absolute atomic E-state index is 12.6. The molecule has 0 bridgehead atoms. The van der Waals surface area contributed by atoms with Crippen LogP contribution in [0.2, 0.25) is 0 Å². The zero-order valence-corrected chi connectivity index (χ0v) is 14.3. The molecule has 24 heavy (non-hydrogen) atoms. The van der Waals surface area contributed by atoms with E-state index >= 15 is 0 Å². The van der Waals surface area contributed by atoms with E-state index < -0.39 is 5.97 Å². The molecule has 0 aliphatic heterocycles. The highest BCUT2D eigenvalue weighted by Gasteiger charge is 2.23. The Hall–Kier alpha value is -2.24. The van der Waals surface area contributed by atoms with Crippen molar-refractivity contribution in [3.05, 3.63) is 23.8 Å². The van der Waals surface area contributed by atoms with Gasteiger partial charge < -0.3 is 21.1 Å². The molecule has 0 heterocycles. The zero-order valence-electron chi connectivity index (χ0n) is 14.3. The Morgan fingerprint density at radius 1 is 1.29 bits per heavy atom. The van der Waals surface area contributed by atoms with Gasteiger partial charge >= 0.3 is 5.97 Å². The van der Waals surface area contributed by atoms with Gasteiger partial charge in [-0.15, -0.1) is 0 Å². The van der Waals surface area contributed by atoms with Gasteiger partial charge in [0.1, 0.15) is 0 Å². The molecule has 0 atom stereocenters. The molecule has 1 aliphatic rings. The number of anilines is 2.